The minimum absolute atomic E-state index is 0.0493. The highest BCUT2D eigenvalue weighted by atomic mass is 16.5. The lowest BCUT2D eigenvalue weighted by Crippen LogP contribution is -2.44. The number of carbonyl (C=O) groups excluding carboxylic acids is 1. The first-order chi connectivity index (χ1) is 15.1. The Bertz CT molecular complexity index is 859. The van der Waals surface area contributed by atoms with Gasteiger partial charge < -0.3 is 19.5 Å². The monoisotopic (exact) mass is 425 g/mol. The summed E-state index contributed by atoms with van der Waals surface area (Å²) in [5, 5.41) is 2.99. The number of hydrogen-bond donors (Lipinski definition) is 1. The number of rotatable bonds is 7. The Morgan fingerprint density at radius 3 is 2.58 bits per heavy atom. The molecule has 1 aromatic heterocycles. The van der Waals surface area contributed by atoms with E-state index >= 15 is 0 Å². The predicted octanol–water partition coefficient (Wildman–Crippen LogP) is 3.04. The fraction of sp³-hybridized carbons (Fsp3) is 0.500. The Morgan fingerprint density at radius 1 is 1.19 bits per heavy atom. The van der Waals surface area contributed by atoms with Crippen molar-refractivity contribution in [1.82, 2.24) is 15.2 Å². The molecular weight excluding hydrogens is 394 g/mol. The fourth-order valence-corrected chi connectivity index (χ4v) is 4.55. The van der Waals surface area contributed by atoms with Crippen LogP contribution in [-0.2, 0) is 11.3 Å². The van der Waals surface area contributed by atoms with Crippen LogP contribution in [0.25, 0.3) is 0 Å². The summed E-state index contributed by atoms with van der Waals surface area (Å²) in [5.41, 5.74) is 1.72. The van der Waals surface area contributed by atoms with Gasteiger partial charge in [-0.1, -0.05) is 0 Å². The van der Waals surface area contributed by atoms with Crippen molar-refractivity contribution in [3.05, 3.63) is 53.9 Å². The molecule has 7 heteroatoms. The van der Waals surface area contributed by atoms with Gasteiger partial charge in [0, 0.05) is 44.6 Å². The van der Waals surface area contributed by atoms with Gasteiger partial charge in [0.15, 0.2) is 0 Å². The maximum atomic E-state index is 12.2. The standard InChI is InChI=1S/C24H31N3O4/c1-29-21-12-18(13-22(14-21)30-2)17-27-10-7-24(8-11-27)6-5-20(31-24)16-26-23(28)19-4-3-9-25-15-19/h3-4,9,12-15,20H,5-8,10-11,16-17H2,1-2H3,(H,26,28). The van der Waals surface area contributed by atoms with E-state index in [9.17, 15) is 4.79 Å². The molecule has 1 N–H and O–H groups in total. The zero-order valence-electron chi connectivity index (χ0n) is 18.3. The van der Waals surface area contributed by atoms with E-state index in [-0.39, 0.29) is 17.6 Å². The molecule has 7 nitrogen and oxygen atoms in total. The normalized spacial score (nSPS) is 20.5. The van der Waals surface area contributed by atoms with Crippen LogP contribution in [0.4, 0.5) is 0 Å². The third-order valence-corrected chi connectivity index (χ3v) is 6.34. The highest BCUT2D eigenvalue weighted by molar-refractivity contribution is 5.93. The molecule has 3 heterocycles. The lowest BCUT2D eigenvalue weighted by molar-refractivity contribution is -0.0764. The van der Waals surface area contributed by atoms with Crippen LogP contribution in [0.5, 0.6) is 11.5 Å². The van der Waals surface area contributed by atoms with E-state index < -0.39 is 0 Å². The molecule has 0 saturated carbocycles. The van der Waals surface area contributed by atoms with Crippen LogP contribution < -0.4 is 14.8 Å². The number of hydrogen-bond acceptors (Lipinski definition) is 6. The maximum Gasteiger partial charge on any atom is 0.252 e. The second kappa shape index (κ2) is 9.66. The number of carbonyl (C=O) groups is 1. The van der Waals surface area contributed by atoms with Crippen LogP contribution in [0.15, 0.2) is 42.7 Å². The molecule has 0 radical (unpaired) electrons. The third-order valence-electron chi connectivity index (χ3n) is 6.34. The number of methoxy groups -OCH3 is 2. The van der Waals surface area contributed by atoms with E-state index in [4.69, 9.17) is 14.2 Å². The van der Waals surface area contributed by atoms with Gasteiger partial charge in [-0.15, -0.1) is 0 Å². The second-order valence-corrected chi connectivity index (χ2v) is 8.41. The zero-order valence-corrected chi connectivity index (χ0v) is 18.3. The van der Waals surface area contributed by atoms with Gasteiger partial charge in [-0.25, -0.2) is 0 Å². The van der Waals surface area contributed by atoms with E-state index in [0.29, 0.717) is 12.1 Å². The minimum atomic E-state index is -0.0961. The van der Waals surface area contributed by atoms with Gasteiger partial charge in [-0.05, 0) is 55.5 Å². The summed E-state index contributed by atoms with van der Waals surface area (Å²) in [4.78, 5) is 18.7. The Balaban J connectivity index is 1.25. The second-order valence-electron chi connectivity index (χ2n) is 8.41. The van der Waals surface area contributed by atoms with Gasteiger partial charge in [-0.2, -0.15) is 0 Å². The summed E-state index contributed by atoms with van der Waals surface area (Å²) in [7, 11) is 3.35. The minimum Gasteiger partial charge on any atom is -0.497 e. The smallest absolute Gasteiger partial charge is 0.252 e. The molecule has 4 rings (SSSR count). The van der Waals surface area contributed by atoms with Crippen molar-refractivity contribution in [2.24, 2.45) is 0 Å². The number of benzene rings is 1. The largest absolute Gasteiger partial charge is 0.497 e. The maximum absolute atomic E-state index is 12.2. The number of nitrogens with zero attached hydrogens (tertiary/aromatic N) is 2. The van der Waals surface area contributed by atoms with Crippen molar-refractivity contribution in [2.75, 3.05) is 33.9 Å². The van der Waals surface area contributed by atoms with E-state index in [1.807, 2.05) is 6.07 Å². The predicted molar refractivity (Wildman–Crippen MR) is 117 cm³/mol. The molecule has 1 aromatic carbocycles. The van der Waals surface area contributed by atoms with Crippen LogP contribution >= 0.6 is 0 Å². The number of piperidine rings is 1. The van der Waals surface area contributed by atoms with Gasteiger partial charge in [0.05, 0.1) is 31.5 Å². The molecule has 0 aliphatic carbocycles. The van der Waals surface area contributed by atoms with Crippen LogP contribution in [0.2, 0.25) is 0 Å². The number of aromatic nitrogens is 1. The molecule has 1 atom stereocenters. The summed E-state index contributed by atoms with van der Waals surface area (Å²) in [6.07, 6.45) is 7.40. The summed E-state index contributed by atoms with van der Waals surface area (Å²) in [6.45, 7) is 3.40. The summed E-state index contributed by atoms with van der Waals surface area (Å²) in [6, 6.07) is 9.58. The molecule has 31 heavy (non-hydrogen) atoms. The van der Waals surface area contributed by atoms with Crippen molar-refractivity contribution in [1.29, 1.82) is 0 Å². The molecule has 1 spiro atoms. The highest BCUT2D eigenvalue weighted by Crippen LogP contribution is 2.39. The average Bonchev–Trinajstić information content (AvgIpc) is 3.22. The van der Waals surface area contributed by atoms with Crippen molar-refractivity contribution >= 4 is 5.91 Å². The van der Waals surface area contributed by atoms with Gasteiger partial charge in [0.2, 0.25) is 0 Å². The lowest BCUT2D eigenvalue weighted by atomic mass is 9.88. The lowest BCUT2D eigenvalue weighted by Gasteiger charge is -2.39. The first kappa shape index (κ1) is 21.6. The van der Waals surface area contributed by atoms with Gasteiger partial charge >= 0.3 is 0 Å². The van der Waals surface area contributed by atoms with Crippen LogP contribution in [0.3, 0.4) is 0 Å². The summed E-state index contributed by atoms with van der Waals surface area (Å²) in [5.74, 6) is 1.54. The first-order valence-electron chi connectivity index (χ1n) is 10.9. The van der Waals surface area contributed by atoms with Crippen molar-refractivity contribution in [2.45, 2.75) is 43.9 Å². The molecule has 2 aliphatic heterocycles. The summed E-state index contributed by atoms with van der Waals surface area (Å²) < 4.78 is 17.2. The molecular formula is C24H31N3O4. The van der Waals surface area contributed by atoms with Crippen molar-refractivity contribution in [3.63, 3.8) is 0 Å². The van der Waals surface area contributed by atoms with Gasteiger partial charge in [0.25, 0.3) is 5.91 Å². The molecule has 0 bridgehead atoms. The van der Waals surface area contributed by atoms with E-state index in [1.54, 1.807) is 38.7 Å². The van der Waals surface area contributed by atoms with Crippen molar-refractivity contribution < 1.29 is 19.0 Å². The van der Waals surface area contributed by atoms with Crippen molar-refractivity contribution in [3.8, 4) is 11.5 Å². The Morgan fingerprint density at radius 2 is 1.94 bits per heavy atom. The fourth-order valence-electron chi connectivity index (χ4n) is 4.55. The quantitative estimate of drug-likeness (QED) is 0.735. The molecule has 2 fully saturated rings. The number of pyridine rings is 1. The van der Waals surface area contributed by atoms with Crippen LogP contribution in [0.1, 0.15) is 41.6 Å². The molecule has 1 amide bonds. The molecule has 2 saturated heterocycles. The SMILES string of the molecule is COc1cc(CN2CCC3(CCC(CNC(=O)c4cccnc4)O3)CC2)cc(OC)c1. The Kier molecular flexibility index (Phi) is 6.73. The zero-order chi connectivity index (χ0) is 21.7. The van der Waals surface area contributed by atoms with Gasteiger partial charge in [0.1, 0.15) is 11.5 Å². The van der Waals surface area contributed by atoms with Crippen LogP contribution in [0, 0.1) is 0 Å². The number of ether oxygens (including phenoxy) is 3. The number of likely N-dealkylation sites (tertiary alicyclic amines) is 1. The highest BCUT2D eigenvalue weighted by Gasteiger charge is 2.42. The van der Waals surface area contributed by atoms with E-state index in [0.717, 1.165) is 56.8 Å². The van der Waals surface area contributed by atoms with E-state index in [2.05, 4.69) is 27.3 Å². The topological polar surface area (TPSA) is 72.9 Å². The number of amides is 1. The molecule has 2 aliphatic rings. The Hall–Kier alpha value is -2.64. The molecule has 166 valence electrons. The number of nitrogens with one attached hydrogen (secondary N) is 1. The van der Waals surface area contributed by atoms with Crippen LogP contribution in [-0.4, -0.2) is 61.3 Å². The molecule has 1 unspecified atom stereocenters. The van der Waals surface area contributed by atoms with Gasteiger partial charge in [-0.3, -0.25) is 14.7 Å². The Labute approximate surface area is 183 Å². The molecule has 2 aromatic rings. The average molecular weight is 426 g/mol. The third kappa shape index (κ3) is 5.35. The van der Waals surface area contributed by atoms with E-state index in [1.165, 1.54) is 5.56 Å². The summed E-state index contributed by atoms with van der Waals surface area (Å²) >= 11 is 0. The first-order valence-corrected chi connectivity index (χ1v) is 10.9.